The lowest BCUT2D eigenvalue weighted by Crippen LogP contribution is -2.47. The Morgan fingerprint density at radius 2 is 1.79 bits per heavy atom. The van der Waals surface area contributed by atoms with Crippen molar-refractivity contribution in [1.29, 1.82) is 0 Å². The van der Waals surface area contributed by atoms with Gasteiger partial charge in [-0.2, -0.15) is 0 Å². The first-order chi connectivity index (χ1) is 9.13. The topological polar surface area (TPSA) is 46.3 Å². The number of amides is 1. The van der Waals surface area contributed by atoms with Gasteiger partial charge in [-0.25, -0.2) is 0 Å². The lowest BCUT2D eigenvalue weighted by atomic mass is 9.99. The average molecular weight is 260 g/mol. The highest BCUT2D eigenvalue weighted by Gasteiger charge is 2.26. The molecule has 0 aromatic heterocycles. The molecule has 0 spiro atoms. The summed E-state index contributed by atoms with van der Waals surface area (Å²) in [6.45, 7) is 5.71. The zero-order chi connectivity index (χ0) is 13.8. The predicted octanol–water partition coefficient (Wildman–Crippen LogP) is 1.99. The second kappa shape index (κ2) is 6.20. The van der Waals surface area contributed by atoms with Gasteiger partial charge < -0.3 is 10.6 Å². The first-order valence-electron chi connectivity index (χ1n) is 7.24. The Balaban J connectivity index is 2.03. The molecule has 19 heavy (non-hydrogen) atoms. The normalized spacial score (nSPS) is 18.4. The van der Waals surface area contributed by atoms with Crippen LogP contribution < -0.4 is 5.73 Å². The smallest absolute Gasteiger partial charge is 0.239 e. The predicted molar refractivity (Wildman–Crippen MR) is 77.9 cm³/mol. The number of benzene rings is 1. The van der Waals surface area contributed by atoms with Crippen molar-refractivity contribution in [3.05, 3.63) is 35.4 Å². The van der Waals surface area contributed by atoms with E-state index < -0.39 is 0 Å². The van der Waals surface area contributed by atoms with Crippen LogP contribution >= 0.6 is 0 Å². The monoisotopic (exact) mass is 260 g/mol. The van der Waals surface area contributed by atoms with Crippen LogP contribution in [0.2, 0.25) is 0 Å². The third-order valence-electron chi connectivity index (χ3n) is 4.27. The van der Waals surface area contributed by atoms with Gasteiger partial charge in [0.1, 0.15) is 0 Å². The second-order valence-corrected chi connectivity index (χ2v) is 5.51. The van der Waals surface area contributed by atoms with Crippen molar-refractivity contribution in [3.8, 4) is 0 Å². The van der Waals surface area contributed by atoms with Crippen LogP contribution in [0.3, 0.4) is 0 Å². The standard InChI is InChI=1S/C16H24N2O/c1-3-12(2)15(17)16(19)18-10-8-13-6-4-5-7-14(13)9-11-18/h4-7,12,15H,3,8-11,17H2,1-2H3/t12-,15-/m0/s1. The van der Waals surface area contributed by atoms with Crippen molar-refractivity contribution in [1.82, 2.24) is 4.90 Å². The van der Waals surface area contributed by atoms with E-state index in [0.717, 1.165) is 32.4 Å². The Kier molecular flexibility index (Phi) is 4.59. The second-order valence-electron chi connectivity index (χ2n) is 5.51. The van der Waals surface area contributed by atoms with E-state index in [0.29, 0.717) is 0 Å². The number of fused-ring (bicyclic) bond motifs is 1. The van der Waals surface area contributed by atoms with Crippen molar-refractivity contribution >= 4 is 5.91 Å². The van der Waals surface area contributed by atoms with Crippen molar-refractivity contribution in [2.24, 2.45) is 11.7 Å². The Hall–Kier alpha value is -1.35. The number of hydrogen-bond donors (Lipinski definition) is 1. The summed E-state index contributed by atoms with van der Waals surface area (Å²) in [5.41, 5.74) is 8.81. The number of nitrogens with zero attached hydrogens (tertiary/aromatic N) is 1. The molecule has 104 valence electrons. The van der Waals surface area contributed by atoms with Crippen LogP contribution in [0.1, 0.15) is 31.4 Å². The molecular formula is C16H24N2O. The fraction of sp³-hybridized carbons (Fsp3) is 0.562. The molecule has 1 aromatic carbocycles. The zero-order valence-electron chi connectivity index (χ0n) is 11.9. The Morgan fingerprint density at radius 1 is 1.26 bits per heavy atom. The highest BCUT2D eigenvalue weighted by Crippen LogP contribution is 2.17. The molecule has 1 heterocycles. The van der Waals surface area contributed by atoms with Gasteiger partial charge in [0.15, 0.2) is 0 Å². The van der Waals surface area contributed by atoms with Gasteiger partial charge in [0, 0.05) is 13.1 Å². The fourth-order valence-corrected chi connectivity index (χ4v) is 2.60. The third-order valence-corrected chi connectivity index (χ3v) is 4.27. The molecule has 1 aliphatic rings. The fourth-order valence-electron chi connectivity index (χ4n) is 2.60. The van der Waals surface area contributed by atoms with Gasteiger partial charge in [-0.1, -0.05) is 44.5 Å². The molecule has 0 fully saturated rings. The molecule has 0 bridgehead atoms. The maximum atomic E-state index is 12.4. The van der Waals surface area contributed by atoms with Crippen LogP contribution in [0, 0.1) is 5.92 Å². The van der Waals surface area contributed by atoms with Crippen molar-refractivity contribution in [2.45, 2.75) is 39.2 Å². The molecule has 0 saturated heterocycles. The third kappa shape index (κ3) is 3.16. The minimum Gasteiger partial charge on any atom is -0.341 e. The summed E-state index contributed by atoms with van der Waals surface area (Å²) in [4.78, 5) is 14.3. The Labute approximate surface area is 115 Å². The summed E-state index contributed by atoms with van der Waals surface area (Å²) < 4.78 is 0. The van der Waals surface area contributed by atoms with E-state index >= 15 is 0 Å². The number of hydrogen-bond acceptors (Lipinski definition) is 2. The van der Waals surface area contributed by atoms with E-state index in [1.807, 2.05) is 4.90 Å². The Morgan fingerprint density at radius 3 is 2.26 bits per heavy atom. The lowest BCUT2D eigenvalue weighted by molar-refractivity contribution is -0.133. The maximum absolute atomic E-state index is 12.4. The van der Waals surface area contributed by atoms with E-state index in [2.05, 4.69) is 38.1 Å². The molecule has 1 amide bonds. The molecule has 2 N–H and O–H groups in total. The van der Waals surface area contributed by atoms with E-state index in [4.69, 9.17) is 5.73 Å². The molecule has 0 radical (unpaired) electrons. The van der Waals surface area contributed by atoms with Gasteiger partial charge in [-0.3, -0.25) is 4.79 Å². The van der Waals surface area contributed by atoms with Crippen LogP contribution in [-0.2, 0) is 17.6 Å². The van der Waals surface area contributed by atoms with Crippen LogP contribution in [0.4, 0.5) is 0 Å². The Bertz CT molecular complexity index is 417. The first kappa shape index (κ1) is 14.1. The summed E-state index contributed by atoms with van der Waals surface area (Å²) in [5, 5.41) is 0. The van der Waals surface area contributed by atoms with Gasteiger partial charge in [-0.15, -0.1) is 0 Å². The molecule has 1 aromatic rings. The maximum Gasteiger partial charge on any atom is 0.239 e. The van der Waals surface area contributed by atoms with Crippen molar-refractivity contribution < 1.29 is 4.79 Å². The molecule has 3 heteroatoms. The number of carbonyl (C=O) groups is 1. The minimum absolute atomic E-state index is 0.113. The van der Waals surface area contributed by atoms with E-state index in [9.17, 15) is 4.79 Å². The summed E-state index contributed by atoms with van der Waals surface area (Å²) in [5.74, 6) is 0.361. The zero-order valence-corrected chi connectivity index (χ0v) is 11.9. The summed E-state index contributed by atoms with van der Waals surface area (Å²) in [6, 6.07) is 8.12. The molecular weight excluding hydrogens is 236 g/mol. The van der Waals surface area contributed by atoms with E-state index in [-0.39, 0.29) is 17.9 Å². The molecule has 0 unspecified atom stereocenters. The quantitative estimate of drug-likeness (QED) is 0.903. The lowest BCUT2D eigenvalue weighted by Gasteiger charge is -2.26. The van der Waals surface area contributed by atoms with Crippen LogP contribution in [0.15, 0.2) is 24.3 Å². The molecule has 2 rings (SSSR count). The molecule has 0 saturated carbocycles. The molecule has 0 aliphatic carbocycles. The van der Waals surface area contributed by atoms with E-state index in [1.54, 1.807) is 0 Å². The SMILES string of the molecule is CC[C@H](C)[C@H](N)C(=O)N1CCc2ccccc2CC1. The van der Waals surface area contributed by atoms with Crippen molar-refractivity contribution in [3.63, 3.8) is 0 Å². The minimum atomic E-state index is -0.355. The number of carbonyl (C=O) groups excluding carboxylic acids is 1. The number of nitrogens with two attached hydrogens (primary N) is 1. The average Bonchev–Trinajstić information content (AvgIpc) is 2.67. The molecule has 1 aliphatic heterocycles. The largest absolute Gasteiger partial charge is 0.341 e. The highest BCUT2D eigenvalue weighted by atomic mass is 16.2. The molecule has 2 atom stereocenters. The van der Waals surface area contributed by atoms with Crippen LogP contribution in [0.25, 0.3) is 0 Å². The summed E-state index contributed by atoms with van der Waals surface area (Å²) >= 11 is 0. The number of rotatable bonds is 3. The van der Waals surface area contributed by atoms with Crippen LogP contribution in [-0.4, -0.2) is 29.9 Å². The van der Waals surface area contributed by atoms with Gasteiger partial charge >= 0.3 is 0 Å². The van der Waals surface area contributed by atoms with Crippen LogP contribution in [0.5, 0.6) is 0 Å². The molecule has 3 nitrogen and oxygen atoms in total. The highest BCUT2D eigenvalue weighted by molar-refractivity contribution is 5.82. The first-order valence-corrected chi connectivity index (χ1v) is 7.24. The summed E-state index contributed by atoms with van der Waals surface area (Å²) in [7, 11) is 0. The van der Waals surface area contributed by atoms with Gasteiger partial charge in [0.2, 0.25) is 5.91 Å². The summed E-state index contributed by atoms with van der Waals surface area (Å²) in [6.07, 6.45) is 2.82. The van der Waals surface area contributed by atoms with Gasteiger partial charge in [-0.05, 0) is 29.9 Å². The van der Waals surface area contributed by atoms with Gasteiger partial charge in [0.05, 0.1) is 6.04 Å². The van der Waals surface area contributed by atoms with Gasteiger partial charge in [0.25, 0.3) is 0 Å². The van der Waals surface area contributed by atoms with Crippen molar-refractivity contribution in [2.75, 3.05) is 13.1 Å². The van der Waals surface area contributed by atoms with E-state index in [1.165, 1.54) is 11.1 Å².